The molecule has 1 amide bonds. The minimum absolute atomic E-state index is 0.190. The zero-order valence-corrected chi connectivity index (χ0v) is 10.6. The molecule has 5 nitrogen and oxygen atoms in total. The van der Waals surface area contributed by atoms with Crippen molar-refractivity contribution >= 4 is 11.9 Å². The summed E-state index contributed by atoms with van der Waals surface area (Å²) in [4.78, 5) is 22.6. The van der Waals surface area contributed by atoms with Crippen LogP contribution in [-0.2, 0) is 11.3 Å². The summed E-state index contributed by atoms with van der Waals surface area (Å²) in [6, 6.07) is 3.31. The topological polar surface area (TPSA) is 71.3 Å². The Morgan fingerprint density at radius 3 is 2.78 bits per heavy atom. The molecule has 2 rings (SSSR count). The zero-order valence-electron chi connectivity index (χ0n) is 10.6. The van der Waals surface area contributed by atoms with Crippen LogP contribution in [0.2, 0.25) is 0 Å². The van der Waals surface area contributed by atoms with Gasteiger partial charge in [-0.1, -0.05) is 13.8 Å². The first-order valence-electron chi connectivity index (χ1n) is 6.05. The Kier molecular flexibility index (Phi) is 3.15. The maximum Gasteiger partial charge on any atom is 0.323 e. The minimum Gasteiger partial charge on any atom is -0.480 e. The summed E-state index contributed by atoms with van der Waals surface area (Å²) in [6.45, 7) is 4.82. The Morgan fingerprint density at radius 1 is 1.56 bits per heavy atom. The summed E-state index contributed by atoms with van der Waals surface area (Å²) in [6.07, 6.45) is 2.73. The fourth-order valence-corrected chi connectivity index (χ4v) is 2.13. The highest BCUT2D eigenvalue weighted by atomic mass is 16.4. The van der Waals surface area contributed by atoms with Crippen LogP contribution < -0.4 is 5.32 Å². The summed E-state index contributed by atoms with van der Waals surface area (Å²) < 4.78 is 1.44. The number of aliphatic carboxylic acids is 1. The monoisotopic (exact) mass is 250 g/mol. The molecule has 1 aliphatic carbocycles. The molecule has 2 N–H and O–H groups in total. The van der Waals surface area contributed by atoms with E-state index in [1.807, 2.05) is 0 Å². The first-order chi connectivity index (χ1) is 8.40. The molecule has 1 fully saturated rings. The lowest BCUT2D eigenvalue weighted by Crippen LogP contribution is -2.29. The Labute approximate surface area is 106 Å². The van der Waals surface area contributed by atoms with Crippen molar-refractivity contribution in [1.82, 2.24) is 9.88 Å². The molecule has 0 bridgehead atoms. The predicted octanol–water partition coefficient (Wildman–Crippen LogP) is 1.35. The Bertz CT molecular complexity index is 476. The molecular formula is C13H18N2O3. The normalized spacial score (nSPS) is 20.4. The van der Waals surface area contributed by atoms with Gasteiger partial charge in [-0.15, -0.1) is 0 Å². The van der Waals surface area contributed by atoms with E-state index in [4.69, 9.17) is 5.11 Å². The van der Waals surface area contributed by atoms with Gasteiger partial charge < -0.3 is 15.0 Å². The first-order valence-corrected chi connectivity index (χ1v) is 6.05. The lowest BCUT2D eigenvalue weighted by molar-refractivity contribution is -0.137. The van der Waals surface area contributed by atoms with Gasteiger partial charge in [0.15, 0.2) is 0 Å². The highest BCUT2D eigenvalue weighted by Gasteiger charge is 2.45. The first kappa shape index (κ1) is 12.7. The summed E-state index contributed by atoms with van der Waals surface area (Å²) in [5.41, 5.74) is 0.729. The van der Waals surface area contributed by atoms with Gasteiger partial charge in [0.05, 0.1) is 0 Å². The molecular weight excluding hydrogens is 232 g/mol. The van der Waals surface area contributed by atoms with Crippen molar-refractivity contribution in [2.75, 3.05) is 6.54 Å². The van der Waals surface area contributed by atoms with Crippen LogP contribution in [0.1, 0.15) is 30.8 Å². The Morgan fingerprint density at radius 2 is 2.22 bits per heavy atom. The molecule has 0 saturated heterocycles. The second-order valence-electron chi connectivity index (χ2n) is 5.51. The molecule has 0 aromatic carbocycles. The van der Waals surface area contributed by atoms with Crippen molar-refractivity contribution in [1.29, 1.82) is 0 Å². The van der Waals surface area contributed by atoms with Crippen molar-refractivity contribution in [2.24, 2.45) is 11.3 Å². The van der Waals surface area contributed by atoms with Gasteiger partial charge in [-0.05, 0) is 29.9 Å². The summed E-state index contributed by atoms with van der Waals surface area (Å²) in [5, 5.41) is 11.6. The average molecular weight is 250 g/mol. The molecule has 1 saturated carbocycles. The van der Waals surface area contributed by atoms with Crippen LogP contribution in [-0.4, -0.2) is 28.1 Å². The molecule has 5 heteroatoms. The number of nitrogens with zero attached hydrogens (tertiary/aromatic N) is 1. The van der Waals surface area contributed by atoms with Gasteiger partial charge in [-0.25, -0.2) is 0 Å². The summed E-state index contributed by atoms with van der Waals surface area (Å²) >= 11 is 0. The summed E-state index contributed by atoms with van der Waals surface area (Å²) in [7, 11) is 0. The average Bonchev–Trinajstić information content (AvgIpc) is 2.69. The van der Waals surface area contributed by atoms with E-state index in [9.17, 15) is 9.59 Å². The number of amides is 1. The van der Waals surface area contributed by atoms with Crippen molar-refractivity contribution in [3.63, 3.8) is 0 Å². The standard InChI is InChI=1S/C13H18N2O3/c1-13(2)6-9(13)7-14-12(18)10-4-3-5-15(10)8-11(16)17/h3-5,9H,6-8H2,1-2H3,(H,14,18)(H,16,17). The molecule has 1 heterocycles. The van der Waals surface area contributed by atoms with Crippen LogP contribution in [0.5, 0.6) is 0 Å². The van der Waals surface area contributed by atoms with Gasteiger partial charge in [0.25, 0.3) is 5.91 Å². The van der Waals surface area contributed by atoms with E-state index in [2.05, 4.69) is 19.2 Å². The smallest absolute Gasteiger partial charge is 0.323 e. The molecule has 98 valence electrons. The molecule has 18 heavy (non-hydrogen) atoms. The number of aromatic nitrogens is 1. The van der Waals surface area contributed by atoms with Crippen molar-refractivity contribution < 1.29 is 14.7 Å². The number of nitrogens with one attached hydrogen (secondary N) is 1. The third-order valence-electron chi connectivity index (χ3n) is 3.59. The third-order valence-corrected chi connectivity index (χ3v) is 3.59. The molecule has 1 aromatic heterocycles. The maximum atomic E-state index is 11.9. The molecule has 1 aromatic rings. The quantitative estimate of drug-likeness (QED) is 0.828. The molecule has 0 radical (unpaired) electrons. The van der Waals surface area contributed by atoms with Crippen LogP contribution in [0.25, 0.3) is 0 Å². The number of carbonyl (C=O) groups excluding carboxylic acids is 1. The van der Waals surface area contributed by atoms with Gasteiger partial charge in [-0.2, -0.15) is 0 Å². The molecule has 0 aliphatic heterocycles. The van der Waals surface area contributed by atoms with E-state index in [1.54, 1.807) is 18.3 Å². The van der Waals surface area contributed by atoms with Crippen LogP contribution in [0, 0.1) is 11.3 Å². The van der Waals surface area contributed by atoms with E-state index in [0.29, 0.717) is 23.6 Å². The molecule has 1 aliphatic rings. The van der Waals surface area contributed by atoms with Crippen LogP contribution in [0.4, 0.5) is 0 Å². The van der Waals surface area contributed by atoms with Crippen molar-refractivity contribution in [3.8, 4) is 0 Å². The number of rotatable bonds is 5. The third kappa shape index (κ3) is 2.72. The van der Waals surface area contributed by atoms with Gasteiger partial charge in [0.1, 0.15) is 12.2 Å². The number of hydrogen-bond acceptors (Lipinski definition) is 2. The van der Waals surface area contributed by atoms with E-state index < -0.39 is 5.97 Å². The summed E-state index contributed by atoms with van der Waals surface area (Å²) in [5.74, 6) is -0.628. The number of carbonyl (C=O) groups is 2. The second kappa shape index (κ2) is 4.48. The van der Waals surface area contributed by atoms with Crippen LogP contribution in [0.3, 0.4) is 0 Å². The number of carboxylic acid groups (broad SMARTS) is 1. The predicted molar refractivity (Wildman–Crippen MR) is 66.3 cm³/mol. The van der Waals surface area contributed by atoms with Crippen molar-refractivity contribution in [2.45, 2.75) is 26.8 Å². The second-order valence-corrected chi connectivity index (χ2v) is 5.51. The molecule has 1 atom stereocenters. The fraction of sp³-hybridized carbons (Fsp3) is 0.538. The lowest BCUT2D eigenvalue weighted by Gasteiger charge is -2.08. The SMILES string of the molecule is CC1(C)CC1CNC(=O)c1cccn1CC(=O)O. The largest absolute Gasteiger partial charge is 0.480 e. The van der Waals surface area contributed by atoms with Crippen LogP contribution >= 0.6 is 0 Å². The molecule has 0 spiro atoms. The fourth-order valence-electron chi connectivity index (χ4n) is 2.13. The maximum absolute atomic E-state index is 11.9. The van der Waals surface area contributed by atoms with E-state index in [-0.39, 0.29) is 12.5 Å². The van der Waals surface area contributed by atoms with E-state index in [0.717, 1.165) is 6.42 Å². The van der Waals surface area contributed by atoms with E-state index >= 15 is 0 Å². The zero-order chi connectivity index (χ0) is 13.3. The highest BCUT2D eigenvalue weighted by molar-refractivity contribution is 5.93. The van der Waals surface area contributed by atoms with Gasteiger partial charge >= 0.3 is 5.97 Å². The Balaban J connectivity index is 1.92. The van der Waals surface area contributed by atoms with Gasteiger partial charge in [0.2, 0.25) is 0 Å². The van der Waals surface area contributed by atoms with Crippen molar-refractivity contribution in [3.05, 3.63) is 24.0 Å². The number of hydrogen-bond donors (Lipinski definition) is 2. The highest BCUT2D eigenvalue weighted by Crippen LogP contribution is 2.50. The minimum atomic E-state index is -0.955. The van der Waals surface area contributed by atoms with Gasteiger partial charge in [-0.3, -0.25) is 9.59 Å². The Hall–Kier alpha value is -1.78. The van der Waals surface area contributed by atoms with Crippen LogP contribution in [0.15, 0.2) is 18.3 Å². The molecule has 1 unspecified atom stereocenters. The lowest BCUT2D eigenvalue weighted by atomic mass is 10.1. The number of carboxylic acids is 1. The van der Waals surface area contributed by atoms with E-state index in [1.165, 1.54) is 4.57 Å². The van der Waals surface area contributed by atoms with Gasteiger partial charge in [0, 0.05) is 12.7 Å².